The van der Waals surface area contributed by atoms with Crippen LogP contribution in [0.15, 0.2) is 66.7 Å². The quantitative estimate of drug-likeness (QED) is 0.0917. The lowest BCUT2D eigenvalue weighted by Crippen LogP contribution is -2.48. The zero-order valence-corrected chi connectivity index (χ0v) is 30.5. The zero-order chi connectivity index (χ0) is 37.9. The van der Waals surface area contributed by atoms with Crippen LogP contribution in [0.4, 0.5) is 10.5 Å². The molecule has 1 atom stereocenters. The summed E-state index contributed by atoms with van der Waals surface area (Å²) in [7, 11) is -3.94. The molecule has 282 valence electrons. The van der Waals surface area contributed by atoms with Crippen molar-refractivity contribution in [1.29, 1.82) is 0 Å². The predicted octanol–water partition coefficient (Wildman–Crippen LogP) is 5.76. The van der Waals surface area contributed by atoms with E-state index in [2.05, 4.69) is 4.72 Å². The number of β-amino-alcohol motifs (C(OH)–C–C–N with tert-alkyl or cyclic N) is 1. The molecule has 0 bridgehead atoms. The molecular weight excluding hydrogens is 694 g/mol. The van der Waals surface area contributed by atoms with Crippen LogP contribution in [0.2, 0.25) is 0 Å². The lowest BCUT2D eigenvalue weighted by Gasteiger charge is -2.36. The number of hydrogen-bond acceptors (Lipinski definition) is 11. The number of non-ortho nitro benzene ring substituents is 1. The minimum Gasteiger partial charge on any atom is -0.490 e. The van der Waals surface area contributed by atoms with Crippen molar-refractivity contribution in [1.82, 2.24) is 9.62 Å². The highest BCUT2D eigenvalue weighted by molar-refractivity contribution is 7.90. The smallest absolute Gasteiger partial charge is 0.410 e. The summed E-state index contributed by atoms with van der Waals surface area (Å²) in [4.78, 5) is 37.9. The van der Waals surface area contributed by atoms with Crippen LogP contribution < -0.4 is 14.2 Å². The van der Waals surface area contributed by atoms with Crippen molar-refractivity contribution >= 4 is 27.7 Å². The van der Waals surface area contributed by atoms with Crippen molar-refractivity contribution in [2.75, 3.05) is 32.1 Å². The number of aliphatic hydroxyl groups is 2. The fraction of sp³-hybridized carbons (Fsp3) is 0.459. The fourth-order valence-corrected chi connectivity index (χ4v) is 6.68. The van der Waals surface area contributed by atoms with Gasteiger partial charge < -0.3 is 29.3 Å². The van der Waals surface area contributed by atoms with Gasteiger partial charge in [-0.3, -0.25) is 14.9 Å². The van der Waals surface area contributed by atoms with Crippen LogP contribution in [0.25, 0.3) is 11.1 Å². The van der Waals surface area contributed by atoms with Crippen LogP contribution in [-0.4, -0.2) is 84.2 Å². The average Bonchev–Trinajstić information content (AvgIpc) is 3.11. The van der Waals surface area contributed by atoms with Crippen LogP contribution >= 0.6 is 0 Å². The molecule has 14 nitrogen and oxygen atoms in total. The Hall–Kier alpha value is -4.73. The Bertz CT molecular complexity index is 1770. The predicted molar refractivity (Wildman–Crippen MR) is 194 cm³/mol. The topological polar surface area (TPSA) is 195 Å². The number of nitro groups is 1. The van der Waals surface area contributed by atoms with Gasteiger partial charge in [0.25, 0.3) is 11.6 Å². The van der Waals surface area contributed by atoms with Gasteiger partial charge >= 0.3 is 6.09 Å². The van der Waals surface area contributed by atoms with Gasteiger partial charge in [-0.05, 0) is 106 Å². The minimum absolute atomic E-state index is 0.00638. The van der Waals surface area contributed by atoms with Gasteiger partial charge in [0, 0.05) is 24.3 Å². The monoisotopic (exact) mass is 741 g/mol. The second-order valence-electron chi connectivity index (χ2n) is 13.5. The zero-order valence-electron chi connectivity index (χ0n) is 29.7. The van der Waals surface area contributed by atoms with Gasteiger partial charge in [0.15, 0.2) is 0 Å². The molecule has 1 saturated carbocycles. The lowest BCUT2D eigenvalue weighted by molar-refractivity contribution is -0.384. The normalized spacial score (nSPS) is 14.2. The number of carbonyl (C=O) groups excluding carboxylic acids is 2. The maximum Gasteiger partial charge on any atom is 0.410 e. The number of hydrogen-bond donors (Lipinski definition) is 3. The Labute approximate surface area is 303 Å². The summed E-state index contributed by atoms with van der Waals surface area (Å²) in [6, 6.07) is 17.6. The number of nitrogens with one attached hydrogen (secondary N) is 1. The van der Waals surface area contributed by atoms with Gasteiger partial charge in [0.05, 0.1) is 35.0 Å². The summed E-state index contributed by atoms with van der Waals surface area (Å²) in [5.41, 5.74) is 1.26. The van der Waals surface area contributed by atoms with Gasteiger partial charge in [0.1, 0.15) is 24.7 Å². The van der Waals surface area contributed by atoms with Crippen LogP contribution in [0.5, 0.6) is 11.5 Å². The highest BCUT2D eigenvalue weighted by Gasteiger charge is 2.30. The molecule has 3 N–H and O–H groups in total. The van der Waals surface area contributed by atoms with Gasteiger partial charge in [-0.2, -0.15) is 0 Å². The molecule has 2 amide bonds. The van der Waals surface area contributed by atoms with Gasteiger partial charge in [-0.15, -0.1) is 0 Å². The molecule has 52 heavy (non-hydrogen) atoms. The number of ether oxygens (including phenoxy) is 3. The summed E-state index contributed by atoms with van der Waals surface area (Å²) in [6.07, 6.45) is 2.95. The van der Waals surface area contributed by atoms with Crippen molar-refractivity contribution in [2.45, 2.75) is 77.0 Å². The van der Waals surface area contributed by atoms with Crippen molar-refractivity contribution < 1.29 is 47.4 Å². The summed E-state index contributed by atoms with van der Waals surface area (Å²) < 4.78 is 44.3. The van der Waals surface area contributed by atoms with E-state index < -0.39 is 38.6 Å². The molecule has 15 heteroatoms. The first-order valence-electron chi connectivity index (χ1n) is 17.2. The number of benzene rings is 3. The molecular formula is C37H47N3O11S. The molecule has 0 aromatic heterocycles. The highest BCUT2D eigenvalue weighted by Crippen LogP contribution is 2.32. The number of rotatable bonds is 16. The van der Waals surface area contributed by atoms with E-state index in [1.54, 1.807) is 45.0 Å². The van der Waals surface area contributed by atoms with Crippen LogP contribution in [-0.2, 0) is 14.8 Å². The molecule has 1 fully saturated rings. The number of nitrogens with zero attached hydrogens (tertiary/aromatic N) is 2. The van der Waals surface area contributed by atoms with E-state index in [1.165, 1.54) is 35.2 Å². The van der Waals surface area contributed by atoms with Crippen LogP contribution in [0.1, 0.15) is 81.3 Å². The highest BCUT2D eigenvalue weighted by atomic mass is 32.2. The Morgan fingerprint density at radius 2 is 1.63 bits per heavy atom. The fourth-order valence-electron chi connectivity index (χ4n) is 5.68. The SMILES string of the molecule is CC(C)(C)N(C[C@H](O)c1ccc([N+](=O)[O-])cc1)C(=O)OCCOc1ccc(-c2ccc(C(=O)NS(=O)(=O)CCCO)c(OC3CCCCC3)c2)cc1. The molecule has 3 aromatic carbocycles. The third-order valence-corrected chi connectivity index (χ3v) is 9.85. The molecule has 0 unspecified atom stereocenters. The molecule has 4 rings (SSSR count). The number of amides is 2. The van der Waals surface area contributed by atoms with E-state index in [0.717, 1.165) is 43.2 Å². The average molecular weight is 742 g/mol. The van der Waals surface area contributed by atoms with Crippen molar-refractivity contribution in [3.8, 4) is 22.6 Å². The standard InChI is InChI=1S/C37H47N3O11S/c1-37(2,3)39(25-33(42)27-10-15-29(16-11-27)40(45)46)36(44)50-22-21-49-30-17-12-26(13-18-30)28-14-19-32(35(43)38-52(47,48)23-7-20-41)34(24-28)51-31-8-5-4-6-9-31/h10-19,24,31,33,41-42H,4-9,20-23,25H2,1-3H3,(H,38,43)/t33-/m0/s1. The maximum absolute atomic E-state index is 13.1. The number of nitro benzene ring substituents is 1. The minimum atomic E-state index is -3.94. The van der Waals surface area contributed by atoms with E-state index in [9.17, 15) is 33.2 Å². The van der Waals surface area contributed by atoms with Gasteiger partial charge in [-0.1, -0.05) is 24.6 Å². The second kappa shape index (κ2) is 18.2. The molecule has 0 heterocycles. The first kappa shape index (κ1) is 40.0. The lowest BCUT2D eigenvalue weighted by atomic mass is 9.97. The molecule has 0 aliphatic heterocycles. The Kier molecular flexibility index (Phi) is 14.0. The van der Waals surface area contributed by atoms with Crippen LogP contribution in [0, 0.1) is 10.1 Å². The number of sulfonamides is 1. The Morgan fingerprint density at radius 3 is 2.25 bits per heavy atom. The van der Waals surface area contributed by atoms with Crippen LogP contribution in [0.3, 0.4) is 0 Å². The number of aliphatic hydroxyl groups excluding tert-OH is 2. The van der Waals surface area contributed by atoms with E-state index in [1.807, 2.05) is 12.1 Å². The summed E-state index contributed by atoms with van der Waals surface area (Å²) in [5.74, 6) is -0.380. The van der Waals surface area contributed by atoms with Gasteiger partial charge in [-0.25, -0.2) is 17.9 Å². The van der Waals surface area contributed by atoms with E-state index >= 15 is 0 Å². The largest absolute Gasteiger partial charge is 0.490 e. The number of carbonyl (C=O) groups is 2. The summed E-state index contributed by atoms with van der Waals surface area (Å²) in [6.45, 7) is 4.98. The van der Waals surface area contributed by atoms with E-state index in [4.69, 9.17) is 19.3 Å². The van der Waals surface area contributed by atoms with E-state index in [0.29, 0.717) is 11.3 Å². The van der Waals surface area contributed by atoms with Crippen molar-refractivity contribution in [3.63, 3.8) is 0 Å². The van der Waals surface area contributed by atoms with Gasteiger partial charge in [0.2, 0.25) is 10.0 Å². The molecule has 1 aliphatic rings. The van der Waals surface area contributed by atoms with Crippen molar-refractivity contribution in [2.24, 2.45) is 0 Å². The first-order chi connectivity index (χ1) is 24.7. The maximum atomic E-state index is 13.1. The van der Waals surface area contributed by atoms with E-state index in [-0.39, 0.29) is 61.6 Å². The molecule has 1 aliphatic carbocycles. The Balaban J connectivity index is 1.37. The molecule has 0 spiro atoms. The third kappa shape index (κ3) is 11.6. The Morgan fingerprint density at radius 1 is 0.981 bits per heavy atom. The molecule has 0 saturated heterocycles. The second-order valence-corrected chi connectivity index (χ2v) is 15.4. The molecule has 3 aromatic rings. The third-order valence-electron chi connectivity index (χ3n) is 8.53. The summed E-state index contributed by atoms with van der Waals surface area (Å²) >= 11 is 0. The van der Waals surface area contributed by atoms with Crippen molar-refractivity contribution in [3.05, 3.63) is 88.0 Å². The molecule has 0 radical (unpaired) electrons. The first-order valence-corrected chi connectivity index (χ1v) is 18.9. The summed E-state index contributed by atoms with van der Waals surface area (Å²) in [5, 5.41) is 30.7.